The first-order valence-corrected chi connectivity index (χ1v) is 12.8. The molecule has 3 N–H and O–H groups in total. The fraction of sp³-hybridized carbons (Fsp3) is 0.321. The Hall–Kier alpha value is -3.65. The Morgan fingerprint density at radius 2 is 1.67 bits per heavy atom. The molecule has 0 radical (unpaired) electrons. The molecule has 0 unspecified atom stereocenters. The molecule has 186 valence electrons. The van der Waals surface area contributed by atoms with Crippen molar-refractivity contribution in [2.24, 2.45) is 0 Å². The molecule has 0 amide bonds. The van der Waals surface area contributed by atoms with Crippen molar-refractivity contribution >= 4 is 45.4 Å². The number of aromatic nitrogens is 2. The van der Waals surface area contributed by atoms with Gasteiger partial charge in [-0.15, -0.1) is 0 Å². The van der Waals surface area contributed by atoms with Crippen LogP contribution in [-0.2, 0) is 0 Å². The van der Waals surface area contributed by atoms with Gasteiger partial charge in [-0.3, -0.25) is 0 Å². The maximum atomic E-state index is 5.65. The van der Waals surface area contributed by atoms with Crippen LogP contribution in [0.4, 0.5) is 17.2 Å². The van der Waals surface area contributed by atoms with Crippen LogP contribution in [0.25, 0.3) is 22.2 Å². The number of para-hydroxylation sites is 1. The average Bonchev–Trinajstić information content (AvgIpc) is 3.24. The normalized spacial score (nSPS) is 17.5. The molecule has 0 atom stereocenters. The lowest BCUT2D eigenvalue weighted by atomic mass is 9.91. The summed E-state index contributed by atoms with van der Waals surface area (Å²) in [4.78, 5) is 7.01. The van der Waals surface area contributed by atoms with E-state index in [-0.39, 0.29) is 0 Å². The van der Waals surface area contributed by atoms with Gasteiger partial charge in [0.15, 0.2) is 10.9 Å². The fourth-order valence-corrected chi connectivity index (χ4v) is 5.11. The second kappa shape index (κ2) is 10.5. The van der Waals surface area contributed by atoms with E-state index in [1.165, 1.54) is 11.1 Å². The highest BCUT2D eigenvalue weighted by atomic mass is 32.1. The van der Waals surface area contributed by atoms with Crippen LogP contribution in [0.1, 0.15) is 31.4 Å². The quantitative estimate of drug-likeness (QED) is 0.279. The van der Waals surface area contributed by atoms with Gasteiger partial charge in [-0.05, 0) is 50.9 Å². The van der Waals surface area contributed by atoms with Crippen LogP contribution in [0.3, 0.4) is 0 Å². The zero-order valence-corrected chi connectivity index (χ0v) is 21.7. The van der Waals surface area contributed by atoms with Gasteiger partial charge >= 0.3 is 0 Å². The van der Waals surface area contributed by atoms with Crippen LogP contribution in [0.5, 0.6) is 0 Å². The molecule has 2 heterocycles. The minimum Gasteiger partial charge on any atom is -0.377 e. The Bertz CT molecular complexity index is 1340. The van der Waals surface area contributed by atoms with Gasteiger partial charge in [0, 0.05) is 48.9 Å². The number of hydrogen-bond acceptors (Lipinski definition) is 6. The van der Waals surface area contributed by atoms with E-state index in [4.69, 9.17) is 21.7 Å². The van der Waals surface area contributed by atoms with E-state index in [2.05, 4.69) is 64.4 Å². The Morgan fingerprint density at radius 1 is 0.972 bits per heavy atom. The maximum absolute atomic E-state index is 5.65. The van der Waals surface area contributed by atoms with E-state index in [1.807, 2.05) is 43.3 Å². The van der Waals surface area contributed by atoms with Crippen LogP contribution in [0.15, 0.2) is 65.2 Å². The number of benzene rings is 2. The topological polar surface area (TPSA) is 78.2 Å². The zero-order valence-electron chi connectivity index (χ0n) is 20.9. The second-order valence-electron chi connectivity index (χ2n) is 9.56. The van der Waals surface area contributed by atoms with Crippen LogP contribution < -0.4 is 20.9 Å². The number of anilines is 3. The van der Waals surface area contributed by atoms with Gasteiger partial charge in [0.25, 0.3) is 0 Å². The number of pyridine rings is 1. The molecule has 1 aliphatic carbocycles. The van der Waals surface area contributed by atoms with Crippen molar-refractivity contribution in [3.63, 3.8) is 0 Å². The summed E-state index contributed by atoms with van der Waals surface area (Å²) in [6, 6.07) is 21.1. The molecule has 1 saturated carbocycles. The van der Waals surface area contributed by atoms with Gasteiger partial charge < -0.3 is 25.4 Å². The van der Waals surface area contributed by atoms with Crippen molar-refractivity contribution in [3.05, 3.63) is 66.4 Å². The molecular weight excluding hydrogens is 468 g/mol. The van der Waals surface area contributed by atoms with E-state index in [1.54, 1.807) is 0 Å². The standard InChI is InChI=1S/C28H32N6OS/c1-18-26(27(33-35-18)19-9-5-4-6-10-19)32-28(36)30-21-15-13-20(14-16-21)29-25-17-24(34(2)3)22-11-7-8-12-23(22)31-25/h4-12,17,20-21H,13-16H2,1-3H3,(H,29,31)(H2,30,32,36)/t20-,21+. The molecule has 7 nitrogen and oxygen atoms in total. The van der Waals surface area contributed by atoms with Gasteiger partial charge in [-0.25, -0.2) is 4.98 Å². The highest BCUT2D eigenvalue weighted by Crippen LogP contribution is 2.31. The smallest absolute Gasteiger partial charge is 0.171 e. The highest BCUT2D eigenvalue weighted by Gasteiger charge is 2.23. The third-order valence-corrected chi connectivity index (χ3v) is 6.96. The van der Waals surface area contributed by atoms with Crippen LogP contribution >= 0.6 is 12.2 Å². The molecule has 4 aromatic rings. The van der Waals surface area contributed by atoms with E-state index < -0.39 is 0 Å². The molecule has 2 aromatic carbocycles. The van der Waals surface area contributed by atoms with Crippen molar-refractivity contribution in [2.75, 3.05) is 29.6 Å². The number of fused-ring (bicyclic) bond motifs is 1. The minimum atomic E-state index is 0.324. The van der Waals surface area contributed by atoms with Crippen LogP contribution in [0.2, 0.25) is 0 Å². The number of rotatable bonds is 6. The van der Waals surface area contributed by atoms with Crippen molar-refractivity contribution in [3.8, 4) is 11.3 Å². The third-order valence-electron chi connectivity index (χ3n) is 6.74. The Balaban J connectivity index is 1.18. The summed E-state index contributed by atoms with van der Waals surface area (Å²) in [5.41, 5.74) is 4.76. The first-order valence-electron chi connectivity index (χ1n) is 12.4. The summed E-state index contributed by atoms with van der Waals surface area (Å²) >= 11 is 5.65. The highest BCUT2D eigenvalue weighted by molar-refractivity contribution is 7.80. The molecule has 0 aliphatic heterocycles. The first-order chi connectivity index (χ1) is 17.5. The van der Waals surface area contributed by atoms with E-state index in [9.17, 15) is 0 Å². The number of nitrogens with one attached hydrogen (secondary N) is 3. The van der Waals surface area contributed by atoms with Crippen molar-refractivity contribution < 1.29 is 4.52 Å². The number of aryl methyl sites for hydroxylation is 1. The van der Waals surface area contributed by atoms with Gasteiger partial charge in [0.1, 0.15) is 17.2 Å². The molecule has 0 saturated heterocycles. The lowest BCUT2D eigenvalue weighted by molar-refractivity contribution is 0.388. The fourth-order valence-electron chi connectivity index (χ4n) is 4.84. The molecule has 0 spiro atoms. The molecule has 0 bridgehead atoms. The minimum absolute atomic E-state index is 0.324. The largest absolute Gasteiger partial charge is 0.377 e. The second-order valence-corrected chi connectivity index (χ2v) is 9.97. The van der Waals surface area contributed by atoms with Crippen molar-refractivity contribution in [1.29, 1.82) is 0 Å². The predicted octanol–water partition coefficient (Wildman–Crippen LogP) is 5.97. The van der Waals surface area contributed by atoms with E-state index in [0.717, 1.165) is 54.0 Å². The number of hydrogen-bond donors (Lipinski definition) is 3. The molecule has 5 rings (SSSR count). The summed E-state index contributed by atoms with van der Waals surface area (Å²) < 4.78 is 5.44. The monoisotopic (exact) mass is 500 g/mol. The Kier molecular flexibility index (Phi) is 7.04. The zero-order chi connectivity index (χ0) is 25.1. The Labute approximate surface area is 217 Å². The van der Waals surface area contributed by atoms with Gasteiger partial charge in [0.2, 0.25) is 0 Å². The molecule has 36 heavy (non-hydrogen) atoms. The van der Waals surface area contributed by atoms with Gasteiger partial charge in [0.05, 0.1) is 5.52 Å². The SMILES string of the molecule is Cc1onc(-c2ccccc2)c1NC(=S)N[C@H]1CC[C@@H](Nc2cc(N(C)C)c3ccccc3n2)CC1. The average molecular weight is 501 g/mol. The first kappa shape index (κ1) is 24.1. The maximum Gasteiger partial charge on any atom is 0.171 e. The summed E-state index contributed by atoms with van der Waals surface area (Å²) in [6.07, 6.45) is 4.16. The van der Waals surface area contributed by atoms with E-state index >= 15 is 0 Å². The summed E-state index contributed by atoms with van der Waals surface area (Å²) in [6.45, 7) is 1.89. The summed E-state index contributed by atoms with van der Waals surface area (Å²) in [5, 5.41) is 16.5. The number of nitrogens with zero attached hydrogens (tertiary/aromatic N) is 3. The van der Waals surface area contributed by atoms with Crippen LogP contribution in [0, 0.1) is 6.92 Å². The lowest BCUT2D eigenvalue weighted by Gasteiger charge is -2.31. The molecular formula is C28H32N6OS. The van der Waals surface area contributed by atoms with Gasteiger partial charge in [-0.2, -0.15) is 0 Å². The van der Waals surface area contributed by atoms with E-state index in [0.29, 0.717) is 23.0 Å². The Morgan fingerprint density at radius 3 is 2.42 bits per heavy atom. The molecule has 1 aliphatic rings. The lowest BCUT2D eigenvalue weighted by Crippen LogP contribution is -2.42. The molecule has 8 heteroatoms. The predicted molar refractivity (Wildman–Crippen MR) is 152 cm³/mol. The van der Waals surface area contributed by atoms with Crippen LogP contribution in [-0.4, -0.2) is 41.4 Å². The summed E-state index contributed by atoms with van der Waals surface area (Å²) in [5.74, 6) is 1.65. The third kappa shape index (κ3) is 5.28. The molecule has 1 fully saturated rings. The van der Waals surface area contributed by atoms with Crippen molar-refractivity contribution in [1.82, 2.24) is 15.5 Å². The van der Waals surface area contributed by atoms with Crippen molar-refractivity contribution in [2.45, 2.75) is 44.7 Å². The van der Waals surface area contributed by atoms with Gasteiger partial charge in [-0.1, -0.05) is 53.7 Å². The summed E-state index contributed by atoms with van der Waals surface area (Å²) in [7, 11) is 4.15. The number of thiocarbonyl (C=S) groups is 1. The molecule has 2 aromatic heterocycles.